The van der Waals surface area contributed by atoms with Crippen molar-refractivity contribution in [2.45, 2.75) is 25.9 Å². The number of halogens is 1. The van der Waals surface area contributed by atoms with E-state index in [1.807, 2.05) is 6.20 Å². The molecule has 2 aromatic rings. The summed E-state index contributed by atoms with van der Waals surface area (Å²) in [7, 11) is 0. The van der Waals surface area contributed by atoms with Gasteiger partial charge in [0, 0.05) is 23.8 Å². The summed E-state index contributed by atoms with van der Waals surface area (Å²) in [6, 6.07) is 13.0. The van der Waals surface area contributed by atoms with Gasteiger partial charge in [0.05, 0.1) is 5.69 Å². The molecule has 0 amide bonds. The summed E-state index contributed by atoms with van der Waals surface area (Å²) in [5.41, 5.74) is 4.12. The van der Waals surface area contributed by atoms with Crippen LogP contribution in [0.1, 0.15) is 23.2 Å². The number of rotatable bonds is 2. The second-order valence-electron chi connectivity index (χ2n) is 5.05. The molecule has 0 unspecified atom stereocenters. The monoisotopic (exact) mass is 316 g/mol. The van der Waals surface area contributed by atoms with Gasteiger partial charge in [-0.15, -0.1) is 0 Å². The third-order valence-corrected chi connectivity index (χ3v) is 4.08. The molecule has 0 bridgehead atoms. The highest BCUT2D eigenvalue weighted by molar-refractivity contribution is 9.10. The lowest BCUT2D eigenvalue weighted by Gasteiger charge is -2.19. The van der Waals surface area contributed by atoms with Gasteiger partial charge in [-0.2, -0.15) is 0 Å². The van der Waals surface area contributed by atoms with E-state index in [-0.39, 0.29) is 0 Å². The Kier molecular flexibility index (Phi) is 3.95. The van der Waals surface area contributed by atoms with E-state index in [2.05, 4.69) is 62.2 Å². The summed E-state index contributed by atoms with van der Waals surface area (Å²) in [4.78, 5) is 6.96. The Morgan fingerprint density at radius 3 is 2.74 bits per heavy atom. The van der Waals surface area contributed by atoms with Crippen LogP contribution in [-0.4, -0.2) is 16.4 Å². The second-order valence-corrected chi connectivity index (χ2v) is 5.97. The van der Waals surface area contributed by atoms with Crippen molar-refractivity contribution < 1.29 is 0 Å². The lowest BCUT2D eigenvalue weighted by molar-refractivity contribution is 0.258. The summed E-state index contributed by atoms with van der Waals surface area (Å²) in [5.74, 6) is 0. The molecule has 0 saturated heterocycles. The van der Waals surface area contributed by atoms with E-state index in [4.69, 9.17) is 0 Å². The third kappa shape index (κ3) is 3.23. The number of hydrogen-bond acceptors (Lipinski definition) is 2. The molecule has 3 heteroatoms. The molecule has 98 valence electrons. The molecule has 1 aliphatic rings. The first-order valence-corrected chi connectivity index (χ1v) is 7.50. The number of nitrogens with zero attached hydrogens (tertiary/aromatic N) is 2. The normalized spacial score (nSPS) is 15.8. The predicted molar refractivity (Wildman–Crippen MR) is 80.8 cm³/mol. The highest BCUT2D eigenvalue weighted by Crippen LogP contribution is 2.19. The van der Waals surface area contributed by atoms with Crippen molar-refractivity contribution in [3.63, 3.8) is 0 Å². The molecular weight excluding hydrogens is 300 g/mol. The number of benzene rings is 1. The Labute approximate surface area is 122 Å². The van der Waals surface area contributed by atoms with E-state index < -0.39 is 0 Å². The molecule has 0 saturated carbocycles. The highest BCUT2D eigenvalue weighted by atomic mass is 79.9. The van der Waals surface area contributed by atoms with Gasteiger partial charge in [-0.3, -0.25) is 9.88 Å². The maximum atomic E-state index is 4.47. The SMILES string of the molecule is Brc1ccc(CN2CCCc3ccccc3C2)nc1. The van der Waals surface area contributed by atoms with Gasteiger partial charge >= 0.3 is 0 Å². The van der Waals surface area contributed by atoms with Crippen molar-refractivity contribution in [1.29, 1.82) is 0 Å². The highest BCUT2D eigenvalue weighted by Gasteiger charge is 2.14. The minimum absolute atomic E-state index is 0.932. The van der Waals surface area contributed by atoms with Crippen LogP contribution in [0, 0.1) is 0 Å². The molecule has 1 aromatic heterocycles. The largest absolute Gasteiger partial charge is 0.293 e. The van der Waals surface area contributed by atoms with Gasteiger partial charge in [-0.05, 0) is 58.6 Å². The van der Waals surface area contributed by atoms with Crippen molar-refractivity contribution >= 4 is 15.9 Å². The lowest BCUT2D eigenvalue weighted by Crippen LogP contribution is -2.23. The van der Waals surface area contributed by atoms with Crippen LogP contribution in [0.5, 0.6) is 0 Å². The Morgan fingerprint density at radius 1 is 1.11 bits per heavy atom. The van der Waals surface area contributed by atoms with Crippen molar-refractivity contribution in [3.8, 4) is 0 Å². The van der Waals surface area contributed by atoms with Crippen LogP contribution in [0.4, 0.5) is 0 Å². The molecule has 3 rings (SSSR count). The van der Waals surface area contributed by atoms with Gasteiger partial charge in [0.2, 0.25) is 0 Å². The van der Waals surface area contributed by atoms with Crippen molar-refractivity contribution in [2.24, 2.45) is 0 Å². The predicted octanol–water partition coefficient (Wildman–Crippen LogP) is 3.79. The molecule has 0 N–H and O–H groups in total. The van der Waals surface area contributed by atoms with E-state index in [1.54, 1.807) is 0 Å². The number of hydrogen-bond donors (Lipinski definition) is 0. The molecule has 0 aliphatic carbocycles. The topological polar surface area (TPSA) is 16.1 Å². The number of aromatic nitrogens is 1. The fraction of sp³-hybridized carbons (Fsp3) is 0.312. The average Bonchev–Trinajstić information content (AvgIpc) is 2.63. The van der Waals surface area contributed by atoms with Crippen LogP contribution in [0.15, 0.2) is 47.1 Å². The van der Waals surface area contributed by atoms with Crippen LogP contribution in [0.3, 0.4) is 0 Å². The molecule has 2 nitrogen and oxygen atoms in total. The quantitative estimate of drug-likeness (QED) is 0.838. The molecule has 1 aliphatic heterocycles. The van der Waals surface area contributed by atoms with Gasteiger partial charge in [0.25, 0.3) is 0 Å². The fourth-order valence-corrected chi connectivity index (χ4v) is 2.87. The first-order chi connectivity index (χ1) is 9.31. The molecule has 0 spiro atoms. The zero-order chi connectivity index (χ0) is 13.1. The lowest BCUT2D eigenvalue weighted by atomic mass is 10.0. The molecule has 0 radical (unpaired) electrons. The van der Waals surface area contributed by atoms with E-state index in [0.29, 0.717) is 0 Å². The maximum absolute atomic E-state index is 4.47. The molecule has 1 aromatic carbocycles. The van der Waals surface area contributed by atoms with Crippen LogP contribution >= 0.6 is 15.9 Å². The minimum Gasteiger partial charge on any atom is -0.293 e. The minimum atomic E-state index is 0.932. The Morgan fingerprint density at radius 2 is 1.95 bits per heavy atom. The first kappa shape index (κ1) is 12.8. The van der Waals surface area contributed by atoms with Gasteiger partial charge in [0.1, 0.15) is 0 Å². The maximum Gasteiger partial charge on any atom is 0.0544 e. The van der Waals surface area contributed by atoms with Crippen LogP contribution in [-0.2, 0) is 19.5 Å². The van der Waals surface area contributed by atoms with Gasteiger partial charge in [-0.1, -0.05) is 24.3 Å². The van der Waals surface area contributed by atoms with Gasteiger partial charge < -0.3 is 0 Å². The third-order valence-electron chi connectivity index (χ3n) is 3.61. The molecule has 2 heterocycles. The zero-order valence-electron chi connectivity index (χ0n) is 10.8. The van der Waals surface area contributed by atoms with Crippen molar-refractivity contribution in [2.75, 3.05) is 6.54 Å². The smallest absolute Gasteiger partial charge is 0.0544 e. The first-order valence-electron chi connectivity index (χ1n) is 6.71. The fourth-order valence-electron chi connectivity index (χ4n) is 2.63. The summed E-state index contributed by atoms with van der Waals surface area (Å²) >= 11 is 3.43. The number of fused-ring (bicyclic) bond motifs is 1. The van der Waals surface area contributed by atoms with Crippen molar-refractivity contribution in [3.05, 3.63) is 63.9 Å². The molecular formula is C16H17BrN2. The second kappa shape index (κ2) is 5.85. The standard InChI is InChI=1S/C16H17BrN2/c17-15-7-8-16(18-10-15)12-19-9-3-6-13-4-1-2-5-14(13)11-19/h1-2,4-5,7-8,10H,3,6,9,11-12H2. The molecule has 0 fully saturated rings. The van der Waals surface area contributed by atoms with Crippen LogP contribution in [0.2, 0.25) is 0 Å². The summed E-state index contributed by atoms with van der Waals surface area (Å²) in [6.07, 6.45) is 4.30. The summed E-state index contributed by atoms with van der Waals surface area (Å²) in [5, 5.41) is 0. The Balaban J connectivity index is 1.74. The number of pyridine rings is 1. The van der Waals surface area contributed by atoms with Gasteiger partial charge in [-0.25, -0.2) is 0 Å². The van der Waals surface area contributed by atoms with E-state index in [0.717, 1.165) is 29.8 Å². The van der Waals surface area contributed by atoms with Crippen LogP contribution in [0.25, 0.3) is 0 Å². The summed E-state index contributed by atoms with van der Waals surface area (Å²) < 4.78 is 1.04. The van der Waals surface area contributed by atoms with Gasteiger partial charge in [0.15, 0.2) is 0 Å². The molecule has 0 atom stereocenters. The van der Waals surface area contributed by atoms with E-state index in [9.17, 15) is 0 Å². The van der Waals surface area contributed by atoms with Crippen LogP contribution < -0.4 is 0 Å². The van der Waals surface area contributed by atoms with E-state index in [1.165, 1.54) is 24.0 Å². The van der Waals surface area contributed by atoms with Crippen molar-refractivity contribution in [1.82, 2.24) is 9.88 Å². The Hall–Kier alpha value is -1.19. The van der Waals surface area contributed by atoms with E-state index >= 15 is 0 Å². The zero-order valence-corrected chi connectivity index (χ0v) is 12.4. The Bertz CT molecular complexity index is 551. The summed E-state index contributed by atoms with van der Waals surface area (Å²) in [6.45, 7) is 3.11. The number of aryl methyl sites for hydroxylation is 1. The average molecular weight is 317 g/mol. The molecule has 19 heavy (non-hydrogen) atoms.